The second-order valence-corrected chi connectivity index (χ2v) is 6.92. The van der Waals surface area contributed by atoms with E-state index in [4.69, 9.17) is 11.6 Å². The number of anilines is 3. The molecule has 30 heavy (non-hydrogen) atoms. The van der Waals surface area contributed by atoms with E-state index < -0.39 is 5.91 Å². The molecule has 0 radical (unpaired) electrons. The van der Waals surface area contributed by atoms with Crippen LogP contribution in [0.2, 0.25) is 5.02 Å². The van der Waals surface area contributed by atoms with E-state index in [1.54, 1.807) is 61.2 Å². The maximum absolute atomic E-state index is 12.6. The van der Waals surface area contributed by atoms with E-state index in [9.17, 15) is 14.4 Å². The second-order valence-electron chi connectivity index (χ2n) is 6.51. The third kappa shape index (κ3) is 5.92. The fourth-order valence-electron chi connectivity index (χ4n) is 2.71. The van der Waals surface area contributed by atoms with Gasteiger partial charge in [-0.3, -0.25) is 14.4 Å². The van der Waals surface area contributed by atoms with Crippen LogP contribution in [0.3, 0.4) is 0 Å². The predicted octanol–water partition coefficient (Wildman–Crippen LogP) is 3.78. The van der Waals surface area contributed by atoms with Gasteiger partial charge in [-0.05, 0) is 36.4 Å². The Morgan fingerprint density at radius 3 is 2.57 bits per heavy atom. The van der Waals surface area contributed by atoms with Crippen molar-refractivity contribution in [2.75, 3.05) is 16.0 Å². The van der Waals surface area contributed by atoms with Crippen molar-refractivity contribution in [2.24, 2.45) is 0 Å². The summed E-state index contributed by atoms with van der Waals surface area (Å²) >= 11 is 6.15. The first kappa shape index (κ1) is 21.1. The summed E-state index contributed by atoms with van der Waals surface area (Å²) in [7, 11) is 0. The Morgan fingerprint density at radius 1 is 1.03 bits per heavy atom. The van der Waals surface area contributed by atoms with Crippen molar-refractivity contribution >= 4 is 46.4 Å². The molecule has 3 rings (SSSR count). The van der Waals surface area contributed by atoms with Gasteiger partial charge in [-0.2, -0.15) is 0 Å². The number of amides is 3. The van der Waals surface area contributed by atoms with Gasteiger partial charge >= 0.3 is 0 Å². The van der Waals surface area contributed by atoms with Crippen molar-refractivity contribution in [2.45, 2.75) is 19.9 Å². The van der Waals surface area contributed by atoms with Gasteiger partial charge < -0.3 is 20.5 Å². The number of nitrogens with one attached hydrogen (secondary N) is 3. The van der Waals surface area contributed by atoms with Gasteiger partial charge in [0.1, 0.15) is 0 Å². The Kier molecular flexibility index (Phi) is 6.82. The van der Waals surface area contributed by atoms with Gasteiger partial charge in [-0.25, -0.2) is 4.98 Å². The van der Waals surface area contributed by atoms with E-state index in [-0.39, 0.29) is 18.2 Å². The van der Waals surface area contributed by atoms with Crippen molar-refractivity contribution in [1.29, 1.82) is 0 Å². The van der Waals surface area contributed by atoms with Crippen molar-refractivity contribution in [1.82, 2.24) is 9.55 Å². The fourth-order valence-corrected chi connectivity index (χ4v) is 2.87. The monoisotopic (exact) mass is 425 g/mol. The molecule has 1 heterocycles. The van der Waals surface area contributed by atoms with Crippen LogP contribution in [-0.2, 0) is 16.1 Å². The van der Waals surface area contributed by atoms with Crippen LogP contribution in [0.15, 0.2) is 61.2 Å². The van der Waals surface area contributed by atoms with Crippen LogP contribution in [0.25, 0.3) is 0 Å². The number of imidazole rings is 1. The molecule has 0 saturated carbocycles. The summed E-state index contributed by atoms with van der Waals surface area (Å²) in [5, 5.41) is 8.47. The first-order valence-electron chi connectivity index (χ1n) is 9.15. The van der Waals surface area contributed by atoms with E-state index >= 15 is 0 Å². The van der Waals surface area contributed by atoms with Crippen molar-refractivity contribution in [3.05, 3.63) is 71.8 Å². The molecule has 3 aromatic rings. The number of hydrogen-bond donors (Lipinski definition) is 3. The molecule has 3 N–H and O–H groups in total. The molecule has 0 bridgehead atoms. The summed E-state index contributed by atoms with van der Waals surface area (Å²) in [6, 6.07) is 11.4. The lowest BCUT2D eigenvalue weighted by molar-refractivity contribution is -0.116. The van der Waals surface area contributed by atoms with E-state index in [1.165, 1.54) is 6.92 Å². The Morgan fingerprint density at radius 2 is 1.83 bits per heavy atom. The van der Waals surface area contributed by atoms with Crippen LogP contribution in [0.4, 0.5) is 17.1 Å². The zero-order valence-electron chi connectivity index (χ0n) is 16.2. The summed E-state index contributed by atoms with van der Waals surface area (Å²) in [6.07, 6.45) is 5.35. The standard InChI is InChI=1S/C21H20ClN5O3/c1-14(28)24-17-5-6-18(22)19(12-17)26-21(30)15-3-2-4-16(11-15)25-20(29)7-9-27-10-8-23-13-27/h2-6,8,10-13H,7,9H2,1H3,(H,24,28)(H,25,29)(H,26,30). The van der Waals surface area contributed by atoms with Gasteiger partial charge in [0.25, 0.3) is 5.91 Å². The molecule has 8 nitrogen and oxygen atoms in total. The minimum absolute atomic E-state index is 0.174. The molecule has 0 spiro atoms. The maximum Gasteiger partial charge on any atom is 0.255 e. The fraction of sp³-hybridized carbons (Fsp3) is 0.143. The van der Waals surface area contributed by atoms with Gasteiger partial charge in [-0.1, -0.05) is 17.7 Å². The zero-order chi connectivity index (χ0) is 21.5. The minimum Gasteiger partial charge on any atom is -0.337 e. The molecule has 0 unspecified atom stereocenters. The largest absolute Gasteiger partial charge is 0.337 e. The molecule has 0 saturated heterocycles. The lowest BCUT2D eigenvalue weighted by Crippen LogP contribution is -2.16. The Bertz CT molecular complexity index is 1070. The van der Waals surface area contributed by atoms with E-state index in [2.05, 4.69) is 20.9 Å². The molecule has 0 atom stereocenters. The first-order valence-corrected chi connectivity index (χ1v) is 9.52. The van der Waals surface area contributed by atoms with Crippen LogP contribution in [0.1, 0.15) is 23.7 Å². The summed E-state index contributed by atoms with van der Waals surface area (Å²) < 4.78 is 1.81. The molecule has 0 aliphatic carbocycles. The number of aromatic nitrogens is 2. The SMILES string of the molecule is CC(=O)Nc1ccc(Cl)c(NC(=O)c2cccc(NC(=O)CCn3ccnc3)c2)c1. The molecule has 0 fully saturated rings. The molecule has 3 amide bonds. The van der Waals surface area contributed by atoms with Crippen LogP contribution in [0, 0.1) is 0 Å². The average molecular weight is 426 g/mol. The third-order valence-corrected chi connectivity index (χ3v) is 4.43. The Hall–Kier alpha value is -3.65. The van der Waals surface area contributed by atoms with Gasteiger partial charge in [0.05, 0.1) is 17.0 Å². The van der Waals surface area contributed by atoms with Gasteiger partial charge in [-0.15, -0.1) is 0 Å². The number of carbonyl (C=O) groups is 3. The third-order valence-electron chi connectivity index (χ3n) is 4.10. The molecule has 2 aromatic carbocycles. The summed E-state index contributed by atoms with van der Waals surface area (Å²) in [4.78, 5) is 39.9. The van der Waals surface area contributed by atoms with Crippen molar-refractivity contribution in [3.63, 3.8) is 0 Å². The van der Waals surface area contributed by atoms with Crippen molar-refractivity contribution < 1.29 is 14.4 Å². The summed E-state index contributed by atoms with van der Waals surface area (Å²) in [6.45, 7) is 1.90. The highest BCUT2D eigenvalue weighted by molar-refractivity contribution is 6.34. The number of rotatable bonds is 7. The highest BCUT2D eigenvalue weighted by Gasteiger charge is 2.11. The van der Waals surface area contributed by atoms with Crippen LogP contribution in [-0.4, -0.2) is 27.3 Å². The molecule has 154 valence electrons. The first-order chi connectivity index (χ1) is 14.4. The topological polar surface area (TPSA) is 105 Å². The molecule has 0 aliphatic heterocycles. The number of aryl methyl sites for hydroxylation is 1. The van der Waals surface area contributed by atoms with Gasteiger partial charge in [0.15, 0.2) is 0 Å². The normalized spacial score (nSPS) is 10.3. The van der Waals surface area contributed by atoms with Gasteiger partial charge in [0, 0.05) is 49.2 Å². The number of hydrogen-bond acceptors (Lipinski definition) is 4. The minimum atomic E-state index is -0.397. The smallest absolute Gasteiger partial charge is 0.255 e. The second kappa shape index (κ2) is 9.71. The number of carbonyl (C=O) groups excluding carboxylic acids is 3. The van der Waals surface area contributed by atoms with E-state index in [1.807, 2.05) is 4.57 Å². The molecule has 0 aliphatic rings. The zero-order valence-corrected chi connectivity index (χ0v) is 16.9. The summed E-state index contributed by atoms with van der Waals surface area (Å²) in [5.74, 6) is -0.801. The number of nitrogens with zero attached hydrogens (tertiary/aromatic N) is 2. The van der Waals surface area contributed by atoms with Crippen LogP contribution in [0.5, 0.6) is 0 Å². The Balaban J connectivity index is 1.64. The van der Waals surface area contributed by atoms with E-state index in [0.29, 0.717) is 34.2 Å². The quantitative estimate of drug-likeness (QED) is 0.535. The molecular formula is C21H20ClN5O3. The molecule has 9 heteroatoms. The lowest BCUT2D eigenvalue weighted by atomic mass is 10.1. The number of benzene rings is 2. The maximum atomic E-state index is 12.6. The van der Waals surface area contributed by atoms with Crippen LogP contribution < -0.4 is 16.0 Å². The lowest BCUT2D eigenvalue weighted by Gasteiger charge is -2.11. The van der Waals surface area contributed by atoms with Crippen LogP contribution >= 0.6 is 11.6 Å². The Labute approximate surface area is 178 Å². The summed E-state index contributed by atoms with van der Waals surface area (Å²) in [5.41, 5.74) is 1.74. The van der Waals surface area contributed by atoms with E-state index in [0.717, 1.165) is 0 Å². The molecule has 1 aromatic heterocycles. The molecular weight excluding hydrogens is 406 g/mol. The predicted molar refractivity (Wildman–Crippen MR) is 116 cm³/mol. The highest BCUT2D eigenvalue weighted by atomic mass is 35.5. The van der Waals surface area contributed by atoms with Crippen molar-refractivity contribution in [3.8, 4) is 0 Å². The van der Waals surface area contributed by atoms with Gasteiger partial charge in [0.2, 0.25) is 11.8 Å². The highest BCUT2D eigenvalue weighted by Crippen LogP contribution is 2.26. The average Bonchev–Trinajstić information content (AvgIpc) is 3.22. The number of halogens is 1.